The van der Waals surface area contributed by atoms with Gasteiger partial charge in [0.1, 0.15) is 0 Å². The van der Waals surface area contributed by atoms with Gasteiger partial charge in [-0.05, 0) is 32.4 Å². The molecule has 0 aromatic heterocycles. The Morgan fingerprint density at radius 3 is 2.69 bits per heavy atom. The predicted molar refractivity (Wildman–Crippen MR) is 64.1 cm³/mol. The average molecular weight is 225 g/mol. The zero-order valence-electron chi connectivity index (χ0n) is 10.2. The number of carbonyl (C=O) groups is 1. The van der Waals surface area contributed by atoms with E-state index in [9.17, 15) is 4.79 Å². The zero-order valence-corrected chi connectivity index (χ0v) is 10.2. The van der Waals surface area contributed by atoms with Crippen molar-refractivity contribution in [3.63, 3.8) is 0 Å². The normalized spacial score (nSPS) is 27.7. The van der Waals surface area contributed by atoms with E-state index in [0.717, 1.165) is 19.5 Å². The van der Waals surface area contributed by atoms with Crippen molar-refractivity contribution < 1.29 is 4.79 Å². The standard InChI is InChI=1S/C12H23N3O/c1-2-11-13-10-12(16)15(11)9-8-14-6-4-3-5-7-14/h11,13H,2-10H2,1H3. The van der Waals surface area contributed by atoms with Crippen LogP contribution in [0.2, 0.25) is 0 Å². The van der Waals surface area contributed by atoms with Crippen LogP contribution in [0.3, 0.4) is 0 Å². The highest BCUT2D eigenvalue weighted by atomic mass is 16.2. The van der Waals surface area contributed by atoms with Crippen LogP contribution in [-0.4, -0.2) is 54.6 Å². The molecular formula is C12H23N3O. The van der Waals surface area contributed by atoms with Crippen LogP contribution in [0.4, 0.5) is 0 Å². The summed E-state index contributed by atoms with van der Waals surface area (Å²) < 4.78 is 0. The van der Waals surface area contributed by atoms with Crippen LogP contribution in [0, 0.1) is 0 Å². The summed E-state index contributed by atoms with van der Waals surface area (Å²) in [5, 5.41) is 3.25. The molecule has 0 saturated carbocycles. The van der Waals surface area contributed by atoms with E-state index in [0.29, 0.717) is 6.54 Å². The lowest BCUT2D eigenvalue weighted by Gasteiger charge is -2.30. The molecule has 2 saturated heterocycles. The van der Waals surface area contributed by atoms with Gasteiger partial charge in [-0.15, -0.1) is 0 Å². The third-order valence-electron chi connectivity index (χ3n) is 3.68. The number of nitrogens with one attached hydrogen (secondary N) is 1. The Hall–Kier alpha value is -0.610. The number of hydrogen-bond donors (Lipinski definition) is 1. The summed E-state index contributed by atoms with van der Waals surface area (Å²) in [7, 11) is 0. The van der Waals surface area contributed by atoms with Crippen molar-refractivity contribution in [1.29, 1.82) is 0 Å². The molecule has 0 aromatic carbocycles. The lowest BCUT2D eigenvalue weighted by molar-refractivity contribution is -0.128. The maximum absolute atomic E-state index is 11.7. The summed E-state index contributed by atoms with van der Waals surface area (Å²) in [6.45, 7) is 7.02. The molecule has 0 aliphatic carbocycles. The molecule has 2 rings (SSSR count). The van der Waals surface area contributed by atoms with E-state index >= 15 is 0 Å². The van der Waals surface area contributed by atoms with Crippen molar-refractivity contribution >= 4 is 5.91 Å². The SMILES string of the molecule is CCC1NCC(=O)N1CCN1CCCCC1. The van der Waals surface area contributed by atoms with Gasteiger partial charge in [-0.25, -0.2) is 0 Å². The number of likely N-dealkylation sites (tertiary alicyclic amines) is 1. The minimum absolute atomic E-state index is 0.267. The molecule has 2 aliphatic rings. The smallest absolute Gasteiger partial charge is 0.237 e. The van der Waals surface area contributed by atoms with E-state index in [1.54, 1.807) is 0 Å². The first-order valence-corrected chi connectivity index (χ1v) is 6.56. The van der Waals surface area contributed by atoms with Gasteiger partial charge < -0.3 is 9.80 Å². The van der Waals surface area contributed by atoms with Crippen LogP contribution in [-0.2, 0) is 4.79 Å². The van der Waals surface area contributed by atoms with Gasteiger partial charge in [-0.2, -0.15) is 0 Å². The van der Waals surface area contributed by atoms with Gasteiger partial charge in [0, 0.05) is 13.1 Å². The number of piperidine rings is 1. The van der Waals surface area contributed by atoms with Crippen molar-refractivity contribution in [2.24, 2.45) is 0 Å². The Bertz CT molecular complexity index is 238. The number of hydrogen-bond acceptors (Lipinski definition) is 3. The Morgan fingerprint density at radius 1 is 1.25 bits per heavy atom. The Kier molecular flexibility index (Phi) is 4.18. The second-order valence-electron chi connectivity index (χ2n) is 4.79. The molecule has 4 nitrogen and oxygen atoms in total. The molecule has 0 radical (unpaired) electrons. The van der Waals surface area contributed by atoms with Crippen LogP contribution in [0.15, 0.2) is 0 Å². The van der Waals surface area contributed by atoms with Crippen molar-refractivity contribution in [2.75, 3.05) is 32.7 Å². The van der Waals surface area contributed by atoms with Crippen LogP contribution in [0.5, 0.6) is 0 Å². The van der Waals surface area contributed by atoms with Gasteiger partial charge in [-0.1, -0.05) is 13.3 Å². The summed E-state index contributed by atoms with van der Waals surface area (Å²) in [5.74, 6) is 0.267. The highest BCUT2D eigenvalue weighted by Crippen LogP contribution is 2.11. The molecule has 0 bridgehead atoms. The topological polar surface area (TPSA) is 35.6 Å². The first-order chi connectivity index (χ1) is 7.81. The molecule has 1 N–H and O–H groups in total. The van der Waals surface area contributed by atoms with Crippen molar-refractivity contribution in [1.82, 2.24) is 15.1 Å². The van der Waals surface area contributed by atoms with E-state index in [2.05, 4.69) is 17.1 Å². The molecule has 2 fully saturated rings. The average Bonchev–Trinajstić information content (AvgIpc) is 2.69. The second kappa shape index (κ2) is 5.64. The third kappa shape index (κ3) is 2.74. The molecule has 4 heteroatoms. The molecule has 1 unspecified atom stereocenters. The van der Waals surface area contributed by atoms with Gasteiger partial charge in [-0.3, -0.25) is 10.1 Å². The molecule has 16 heavy (non-hydrogen) atoms. The summed E-state index contributed by atoms with van der Waals surface area (Å²) in [6.07, 6.45) is 5.30. The number of amides is 1. The fourth-order valence-corrected chi connectivity index (χ4v) is 2.67. The van der Waals surface area contributed by atoms with Crippen LogP contribution >= 0.6 is 0 Å². The van der Waals surface area contributed by atoms with Crippen LogP contribution < -0.4 is 5.32 Å². The molecule has 0 spiro atoms. The number of nitrogens with zero attached hydrogens (tertiary/aromatic N) is 2. The lowest BCUT2D eigenvalue weighted by Crippen LogP contribution is -2.43. The van der Waals surface area contributed by atoms with Crippen LogP contribution in [0.25, 0.3) is 0 Å². The summed E-state index contributed by atoms with van der Waals surface area (Å²) in [5.41, 5.74) is 0. The number of carbonyl (C=O) groups excluding carboxylic acids is 1. The maximum atomic E-state index is 11.7. The molecule has 1 amide bonds. The van der Waals surface area contributed by atoms with Gasteiger partial charge in [0.25, 0.3) is 0 Å². The summed E-state index contributed by atoms with van der Waals surface area (Å²) in [4.78, 5) is 16.2. The summed E-state index contributed by atoms with van der Waals surface area (Å²) >= 11 is 0. The molecule has 2 heterocycles. The monoisotopic (exact) mass is 225 g/mol. The molecule has 92 valence electrons. The van der Waals surface area contributed by atoms with E-state index < -0.39 is 0 Å². The number of rotatable bonds is 4. The van der Waals surface area contributed by atoms with Crippen molar-refractivity contribution in [2.45, 2.75) is 38.8 Å². The quantitative estimate of drug-likeness (QED) is 0.762. The minimum atomic E-state index is 0.267. The van der Waals surface area contributed by atoms with Gasteiger partial charge in [0.2, 0.25) is 5.91 Å². The largest absolute Gasteiger partial charge is 0.325 e. The fraction of sp³-hybridized carbons (Fsp3) is 0.917. The van der Waals surface area contributed by atoms with E-state index in [1.807, 2.05) is 4.90 Å². The Labute approximate surface area is 98.0 Å². The zero-order chi connectivity index (χ0) is 11.4. The lowest BCUT2D eigenvalue weighted by atomic mass is 10.1. The Balaban J connectivity index is 1.77. The highest BCUT2D eigenvalue weighted by Gasteiger charge is 2.28. The van der Waals surface area contributed by atoms with Crippen LogP contribution in [0.1, 0.15) is 32.6 Å². The predicted octanol–water partition coefficient (Wildman–Crippen LogP) is 0.640. The third-order valence-corrected chi connectivity index (χ3v) is 3.68. The van der Waals surface area contributed by atoms with Crippen molar-refractivity contribution in [3.05, 3.63) is 0 Å². The summed E-state index contributed by atoms with van der Waals surface area (Å²) in [6, 6.07) is 0. The fourth-order valence-electron chi connectivity index (χ4n) is 2.67. The molecule has 2 aliphatic heterocycles. The molecule has 1 atom stereocenters. The van der Waals surface area contributed by atoms with Gasteiger partial charge in [0.15, 0.2) is 0 Å². The molecule has 0 aromatic rings. The second-order valence-corrected chi connectivity index (χ2v) is 4.79. The van der Waals surface area contributed by atoms with Gasteiger partial charge >= 0.3 is 0 Å². The Morgan fingerprint density at radius 2 is 2.00 bits per heavy atom. The van der Waals surface area contributed by atoms with E-state index in [1.165, 1.54) is 32.4 Å². The van der Waals surface area contributed by atoms with E-state index in [-0.39, 0.29) is 12.1 Å². The minimum Gasteiger partial charge on any atom is -0.325 e. The molecular weight excluding hydrogens is 202 g/mol. The highest BCUT2D eigenvalue weighted by molar-refractivity contribution is 5.80. The maximum Gasteiger partial charge on any atom is 0.237 e. The van der Waals surface area contributed by atoms with Crippen molar-refractivity contribution in [3.8, 4) is 0 Å². The van der Waals surface area contributed by atoms with Gasteiger partial charge in [0.05, 0.1) is 12.7 Å². The first-order valence-electron chi connectivity index (χ1n) is 6.56. The van der Waals surface area contributed by atoms with E-state index in [4.69, 9.17) is 0 Å². The first kappa shape index (κ1) is 11.9.